The van der Waals surface area contributed by atoms with Gasteiger partial charge in [0, 0.05) is 6.07 Å². The van der Waals surface area contributed by atoms with Gasteiger partial charge in [0.1, 0.15) is 30.0 Å². The molecule has 0 saturated carbocycles. The van der Waals surface area contributed by atoms with Crippen molar-refractivity contribution in [2.75, 3.05) is 13.7 Å². The van der Waals surface area contributed by atoms with Crippen LogP contribution in [-0.2, 0) is 0 Å². The lowest BCUT2D eigenvalue weighted by atomic mass is 10.3. The lowest BCUT2D eigenvalue weighted by Crippen LogP contribution is -2.08. The highest BCUT2D eigenvalue weighted by Crippen LogP contribution is 2.23. The number of hydrogen-bond acceptors (Lipinski definition) is 4. The Labute approximate surface area is 110 Å². The Morgan fingerprint density at radius 3 is 2.72 bits per heavy atom. The van der Waals surface area contributed by atoms with Crippen molar-refractivity contribution < 1.29 is 19.0 Å². The highest BCUT2D eigenvalue weighted by molar-refractivity contribution is 6.28. The molecule has 0 amide bonds. The maximum absolute atomic E-state index is 9.81. The van der Waals surface area contributed by atoms with Crippen molar-refractivity contribution in [1.82, 2.24) is 0 Å². The first kappa shape index (κ1) is 12.8. The minimum Gasteiger partial charge on any atom is -0.497 e. The van der Waals surface area contributed by atoms with Crippen LogP contribution in [0, 0.1) is 0 Å². The van der Waals surface area contributed by atoms with E-state index in [1.807, 2.05) is 12.1 Å². The number of furan rings is 1. The van der Waals surface area contributed by atoms with Crippen LogP contribution in [0.5, 0.6) is 11.5 Å². The fourth-order valence-electron chi connectivity index (χ4n) is 1.46. The summed E-state index contributed by atoms with van der Waals surface area (Å²) in [5, 5.41) is 10.1. The van der Waals surface area contributed by atoms with Crippen LogP contribution in [0.3, 0.4) is 0 Å². The Morgan fingerprint density at radius 2 is 2.06 bits per heavy atom. The normalized spacial score (nSPS) is 12.2. The van der Waals surface area contributed by atoms with Gasteiger partial charge in [-0.2, -0.15) is 0 Å². The summed E-state index contributed by atoms with van der Waals surface area (Å²) < 4.78 is 15.6. The van der Waals surface area contributed by atoms with Gasteiger partial charge < -0.3 is 19.0 Å². The molecule has 5 heteroatoms. The second-order valence-corrected chi connectivity index (χ2v) is 4.02. The summed E-state index contributed by atoms with van der Waals surface area (Å²) in [6.45, 7) is 0.0804. The molecular formula is C13H13ClO4. The van der Waals surface area contributed by atoms with Gasteiger partial charge in [-0.05, 0) is 35.9 Å². The monoisotopic (exact) mass is 268 g/mol. The van der Waals surface area contributed by atoms with E-state index in [4.69, 9.17) is 25.5 Å². The third-order valence-electron chi connectivity index (χ3n) is 2.37. The van der Waals surface area contributed by atoms with Crippen LogP contribution in [0.25, 0.3) is 0 Å². The summed E-state index contributed by atoms with van der Waals surface area (Å²) in [6.07, 6.45) is -0.858. The third-order valence-corrected chi connectivity index (χ3v) is 2.57. The van der Waals surface area contributed by atoms with Crippen molar-refractivity contribution in [3.8, 4) is 11.5 Å². The molecule has 0 aliphatic rings. The van der Waals surface area contributed by atoms with Gasteiger partial charge in [-0.15, -0.1) is 0 Å². The van der Waals surface area contributed by atoms with E-state index in [0.717, 1.165) is 0 Å². The summed E-state index contributed by atoms with van der Waals surface area (Å²) >= 11 is 5.63. The summed E-state index contributed by atoms with van der Waals surface area (Å²) in [4.78, 5) is 0. The highest BCUT2D eigenvalue weighted by Gasteiger charge is 2.13. The number of methoxy groups -OCH3 is 1. The molecule has 0 aliphatic heterocycles. The average Bonchev–Trinajstić information content (AvgIpc) is 2.83. The van der Waals surface area contributed by atoms with E-state index in [1.54, 1.807) is 31.4 Å². The Bertz CT molecular complexity index is 509. The van der Waals surface area contributed by atoms with Gasteiger partial charge in [-0.1, -0.05) is 6.07 Å². The van der Waals surface area contributed by atoms with E-state index in [1.165, 1.54) is 0 Å². The van der Waals surface area contributed by atoms with E-state index in [0.29, 0.717) is 17.3 Å². The molecule has 2 rings (SSSR count). The van der Waals surface area contributed by atoms with Crippen molar-refractivity contribution in [1.29, 1.82) is 0 Å². The quantitative estimate of drug-likeness (QED) is 0.905. The van der Waals surface area contributed by atoms with E-state index in [-0.39, 0.29) is 11.8 Å². The zero-order valence-electron chi connectivity index (χ0n) is 9.80. The van der Waals surface area contributed by atoms with Gasteiger partial charge >= 0.3 is 0 Å². The molecule has 1 heterocycles. The largest absolute Gasteiger partial charge is 0.497 e. The molecule has 1 unspecified atom stereocenters. The summed E-state index contributed by atoms with van der Waals surface area (Å²) in [5.41, 5.74) is 0. The number of ether oxygens (including phenoxy) is 2. The SMILES string of the molecule is COc1cccc(OCC(O)c2ccc(Cl)o2)c1. The van der Waals surface area contributed by atoms with Crippen molar-refractivity contribution in [2.24, 2.45) is 0 Å². The van der Waals surface area contributed by atoms with Gasteiger partial charge in [0.2, 0.25) is 0 Å². The molecule has 0 spiro atoms. The standard InChI is InChI=1S/C13H13ClO4/c1-16-9-3-2-4-10(7-9)17-8-11(15)12-5-6-13(14)18-12/h2-7,11,15H,8H2,1H3. The molecule has 0 bridgehead atoms. The smallest absolute Gasteiger partial charge is 0.193 e. The van der Waals surface area contributed by atoms with Crippen molar-refractivity contribution in [2.45, 2.75) is 6.10 Å². The molecule has 0 saturated heterocycles. The van der Waals surface area contributed by atoms with E-state index < -0.39 is 6.10 Å². The third kappa shape index (κ3) is 3.18. The van der Waals surface area contributed by atoms with Gasteiger partial charge in [-0.3, -0.25) is 0 Å². The van der Waals surface area contributed by atoms with Gasteiger partial charge in [0.25, 0.3) is 0 Å². The Morgan fingerprint density at radius 1 is 1.28 bits per heavy atom. The van der Waals surface area contributed by atoms with Crippen molar-refractivity contribution in [3.05, 3.63) is 47.4 Å². The maximum Gasteiger partial charge on any atom is 0.193 e. The predicted molar refractivity (Wildman–Crippen MR) is 67.2 cm³/mol. The van der Waals surface area contributed by atoms with E-state index in [9.17, 15) is 5.11 Å². The molecule has 1 aromatic heterocycles. The molecule has 4 nitrogen and oxygen atoms in total. The predicted octanol–water partition coefficient (Wildman–Crippen LogP) is 3.05. The first-order chi connectivity index (χ1) is 8.69. The summed E-state index contributed by atoms with van der Waals surface area (Å²) in [7, 11) is 1.58. The Kier molecular flexibility index (Phi) is 4.12. The Balaban J connectivity index is 1.94. The Hall–Kier alpha value is -1.65. The van der Waals surface area contributed by atoms with Gasteiger partial charge in [0.05, 0.1) is 7.11 Å². The number of rotatable bonds is 5. The van der Waals surface area contributed by atoms with Gasteiger partial charge in [-0.25, -0.2) is 0 Å². The fourth-order valence-corrected chi connectivity index (χ4v) is 1.61. The number of aliphatic hydroxyl groups is 1. The number of hydrogen-bond donors (Lipinski definition) is 1. The fraction of sp³-hybridized carbons (Fsp3) is 0.231. The first-order valence-electron chi connectivity index (χ1n) is 5.39. The molecule has 0 aliphatic carbocycles. The molecule has 0 radical (unpaired) electrons. The average molecular weight is 269 g/mol. The van der Waals surface area contributed by atoms with Gasteiger partial charge in [0.15, 0.2) is 5.22 Å². The van der Waals surface area contributed by atoms with Crippen LogP contribution in [-0.4, -0.2) is 18.8 Å². The van der Waals surface area contributed by atoms with Crippen LogP contribution in [0.15, 0.2) is 40.8 Å². The lowest BCUT2D eigenvalue weighted by Gasteiger charge is -2.10. The molecule has 0 fully saturated rings. The lowest BCUT2D eigenvalue weighted by molar-refractivity contribution is 0.0888. The van der Waals surface area contributed by atoms with Crippen LogP contribution in [0.4, 0.5) is 0 Å². The van der Waals surface area contributed by atoms with E-state index in [2.05, 4.69) is 0 Å². The molecule has 1 aromatic carbocycles. The second kappa shape index (κ2) is 5.80. The molecule has 1 N–H and O–H groups in total. The number of benzene rings is 1. The van der Waals surface area contributed by atoms with Crippen LogP contribution < -0.4 is 9.47 Å². The van der Waals surface area contributed by atoms with E-state index >= 15 is 0 Å². The topological polar surface area (TPSA) is 51.8 Å². The minimum atomic E-state index is -0.858. The highest BCUT2D eigenvalue weighted by atomic mass is 35.5. The molecule has 1 atom stereocenters. The second-order valence-electron chi connectivity index (χ2n) is 3.65. The summed E-state index contributed by atoms with van der Waals surface area (Å²) in [6, 6.07) is 10.3. The molecule has 2 aromatic rings. The molecular weight excluding hydrogens is 256 g/mol. The maximum atomic E-state index is 9.81. The zero-order chi connectivity index (χ0) is 13.0. The van der Waals surface area contributed by atoms with Crippen molar-refractivity contribution >= 4 is 11.6 Å². The first-order valence-corrected chi connectivity index (χ1v) is 5.77. The molecule has 96 valence electrons. The van der Waals surface area contributed by atoms with Crippen LogP contribution in [0.2, 0.25) is 5.22 Å². The van der Waals surface area contributed by atoms with Crippen LogP contribution >= 0.6 is 11.6 Å². The number of aliphatic hydroxyl groups excluding tert-OH is 1. The molecule has 18 heavy (non-hydrogen) atoms. The number of halogens is 1. The van der Waals surface area contributed by atoms with Crippen molar-refractivity contribution in [3.63, 3.8) is 0 Å². The zero-order valence-corrected chi connectivity index (χ0v) is 10.6. The minimum absolute atomic E-state index is 0.0804. The summed E-state index contributed by atoms with van der Waals surface area (Å²) in [5.74, 6) is 1.69. The van der Waals surface area contributed by atoms with Crippen LogP contribution in [0.1, 0.15) is 11.9 Å².